The van der Waals surface area contributed by atoms with Crippen LogP contribution in [0.15, 0.2) is 39.6 Å². The summed E-state index contributed by atoms with van der Waals surface area (Å²) in [6, 6.07) is 7.87. The number of carbonyl (C=O) groups is 1. The van der Waals surface area contributed by atoms with Gasteiger partial charge in [0.2, 0.25) is 0 Å². The highest BCUT2D eigenvalue weighted by Crippen LogP contribution is 2.29. The van der Waals surface area contributed by atoms with Crippen molar-refractivity contribution in [1.29, 1.82) is 0 Å². The zero-order valence-electron chi connectivity index (χ0n) is 12.7. The standard InChI is InChI=1S/C17H20BrNO2/c1-10(2)12-5-6-15(14(9-12)11(3)4)19-17(20)13-7-8-21-16(13)18/h5-11H,1-4H3,(H,19,20). The molecular weight excluding hydrogens is 330 g/mol. The molecule has 0 spiro atoms. The van der Waals surface area contributed by atoms with E-state index in [2.05, 4.69) is 61.1 Å². The number of hydrogen-bond acceptors (Lipinski definition) is 2. The van der Waals surface area contributed by atoms with E-state index >= 15 is 0 Å². The quantitative estimate of drug-likeness (QED) is 0.786. The first-order chi connectivity index (χ1) is 9.90. The number of nitrogens with one attached hydrogen (secondary N) is 1. The lowest BCUT2D eigenvalue weighted by Gasteiger charge is -2.17. The van der Waals surface area contributed by atoms with E-state index in [9.17, 15) is 4.79 Å². The number of amides is 1. The summed E-state index contributed by atoms with van der Waals surface area (Å²) in [4.78, 5) is 12.3. The van der Waals surface area contributed by atoms with Crippen molar-refractivity contribution in [2.24, 2.45) is 0 Å². The molecule has 2 rings (SSSR count). The Labute approximate surface area is 133 Å². The number of furan rings is 1. The first-order valence-electron chi connectivity index (χ1n) is 7.08. The second-order valence-electron chi connectivity index (χ2n) is 5.72. The van der Waals surface area contributed by atoms with Crippen LogP contribution in [0.2, 0.25) is 0 Å². The molecule has 0 saturated carbocycles. The highest BCUT2D eigenvalue weighted by atomic mass is 79.9. The van der Waals surface area contributed by atoms with Gasteiger partial charge in [-0.25, -0.2) is 0 Å². The molecule has 4 heteroatoms. The van der Waals surface area contributed by atoms with E-state index < -0.39 is 0 Å². The van der Waals surface area contributed by atoms with Gasteiger partial charge in [-0.3, -0.25) is 4.79 Å². The van der Waals surface area contributed by atoms with Gasteiger partial charge in [0, 0.05) is 5.69 Å². The second-order valence-corrected chi connectivity index (χ2v) is 6.44. The van der Waals surface area contributed by atoms with E-state index in [1.165, 1.54) is 11.8 Å². The van der Waals surface area contributed by atoms with Gasteiger partial charge in [-0.2, -0.15) is 0 Å². The Bertz CT molecular complexity index is 644. The number of hydrogen-bond donors (Lipinski definition) is 1. The van der Waals surface area contributed by atoms with E-state index in [0.717, 1.165) is 11.3 Å². The van der Waals surface area contributed by atoms with Crippen LogP contribution in [0.5, 0.6) is 0 Å². The minimum absolute atomic E-state index is 0.171. The average molecular weight is 350 g/mol. The number of halogens is 1. The van der Waals surface area contributed by atoms with Gasteiger partial charge in [-0.1, -0.05) is 39.8 Å². The number of rotatable bonds is 4. The molecular formula is C17H20BrNO2. The molecule has 0 unspecified atom stereocenters. The Kier molecular flexibility index (Phi) is 4.88. The van der Waals surface area contributed by atoms with Gasteiger partial charge >= 0.3 is 0 Å². The Morgan fingerprint density at radius 3 is 2.38 bits per heavy atom. The van der Waals surface area contributed by atoms with Crippen molar-refractivity contribution in [2.75, 3.05) is 5.32 Å². The van der Waals surface area contributed by atoms with Crippen molar-refractivity contribution >= 4 is 27.5 Å². The maximum Gasteiger partial charge on any atom is 0.260 e. The van der Waals surface area contributed by atoms with E-state index in [1.54, 1.807) is 6.07 Å². The molecule has 0 aliphatic rings. The van der Waals surface area contributed by atoms with Gasteiger partial charge in [0.05, 0.1) is 11.8 Å². The Balaban J connectivity index is 2.31. The van der Waals surface area contributed by atoms with Crippen LogP contribution in [-0.4, -0.2) is 5.91 Å². The molecule has 0 aliphatic carbocycles. The first-order valence-corrected chi connectivity index (χ1v) is 7.87. The SMILES string of the molecule is CC(C)c1ccc(NC(=O)c2ccoc2Br)c(C(C)C)c1. The van der Waals surface area contributed by atoms with Crippen molar-refractivity contribution in [3.8, 4) is 0 Å². The third-order valence-corrected chi connectivity index (χ3v) is 4.09. The monoisotopic (exact) mass is 349 g/mol. The van der Waals surface area contributed by atoms with Gasteiger partial charge < -0.3 is 9.73 Å². The minimum atomic E-state index is -0.171. The first kappa shape index (κ1) is 15.8. The summed E-state index contributed by atoms with van der Waals surface area (Å²) in [6.45, 7) is 8.59. The van der Waals surface area contributed by atoms with Crippen molar-refractivity contribution in [2.45, 2.75) is 39.5 Å². The van der Waals surface area contributed by atoms with Crippen molar-refractivity contribution in [1.82, 2.24) is 0 Å². The smallest absolute Gasteiger partial charge is 0.260 e. The highest BCUT2D eigenvalue weighted by molar-refractivity contribution is 9.10. The summed E-state index contributed by atoms with van der Waals surface area (Å²) < 4.78 is 5.56. The van der Waals surface area contributed by atoms with Crippen LogP contribution in [0, 0.1) is 0 Å². The molecule has 0 fully saturated rings. The van der Waals surface area contributed by atoms with Crippen LogP contribution in [-0.2, 0) is 0 Å². The van der Waals surface area contributed by atoms with Crippen LogP contribution in [0.4, 0.5) is 5.69 Å². The molecule has 0 aliphatic heterocycles. The fourth-order valence-corrected chi connectivity index (χ4v) is 2.60. The van der Waals surface area contributed by atoms with Crippen LogP contribution in [0.1, 0.15) is 61.0 Å². The van der Waals surface area contributed by atoms with Crippen LogP contribution < -0.4 is 5.32 Å². The van der Waals surface area contributed by atoms with Gasteiger partial charge in [0.1, 0.15) is 0 Å². The van der Waals surface area contributed by atoms with Crippen molar-refractivity contribution in [3.05, 3.63) is 51.9 Å². The summed E-state index contributed by atoms with van der Waals surface area (Å²) in [5.41, 5.74) is 3.78. The molecule has 0 bridgehead atoms. The van der Waals surface area contributed by atoms with E-state index in [1.807, 2.05) is 6.07 Å². The predicted octanol–water partition coefficient (Wildman–Crippen LogP) is 5.54. The fourth-order valence-electron chi connectivity index (χ4n) is 2.18. The topological polar surface area (TPSA) is 42.2 Å². The maximum atomic E-state index is 12.3. The normalized spacial score (nSPS) is 11.2. The van der Waals surface area contributed by atoms with Crippen molar-refractivity contribution in [3.63, 3.8) is 0 Å². The molecule has 3 nitrogen and oxygen atoms in total. The molecule has 0 saturated heterocycles. The minimum Gasteiger partial charge on any atom is -0.457 e. The predicted molar refractivity (Wildman–Crippen MR) is 89.0 cm³/mol. The summed E-state index contributed by atoms with van der Waals surface area (Å²) in [7, 11) is 0. The van der Waals surface area contributed by atoms with Gasteiger partial charge in [0.25, 0.3) is 5.91 Å². The number of benzene rings is 1. The van der Waals surface area contributed by atoms with Crippen LogP contribution >= 0.6 is 15.9 Å². The second kappa shape index (κ2) is 6.48. The average Bonchev–Trinajstić information content (AvgIpc) is 2.85. The Morgan fingerprint density at radius 1 is 1.14 bits per heavy atom. The van der Waals surface area contributed by atoms with Gasteiger partial charge in [-0.05, 0) is 51.0 Å². The summed E-state index contributed by atoms with van der Waals surface area (Å²) in [5.74, 6) is 0.636. The zero-order chi connectivity index (χ0) is 15.6. The van der Waals surface area contributed by atoms with Gasteiger partial charge in [0.15, 0.2) is 4.67 Å². The lowest BCUT2D eigenvalue weighted by Crippen LogP contribution is -2.13. The lowest BCUT2D eigenvalue weighted by atomic mass is 9.94. The molecule has 1 aromatic heterocycles. The molecule has 0 radical (unpaired) electrons. The maximum absolute atomic E-state index is 12.3. The highest BCUT2D eigenvalue weighted by Gasteiger charge is 2.16. The molecule has 1 amide bonds. The zero-order valence-corrected chi connectivity index (χ0v) is 14.3. The fraction of sp³-hybridized carbons (Fsp3) is 0.353. The number of carbonyl (C=O) groups excluding carboxylic acids is 1. The Hall–Kier alpha value is -1.55. The van der Waals surface area contributed by atoms with Gasteiger partial charge in [-0.15, -0.1) is 0 Å². The summed E-state index contributed by atoms with van der Waals surface area (Å²) in [6.07, 6.45) is 1.49. The molecule has 2 aromatic rings. The number of anilines is 1. The molecule has 112 valence electrons. The molecule has 1 heterocycles. The van der Waals surface area contributed by atoms with E-state index in [-0.39, 0.29) is 5.91 Å². The van der Waals surface area contributed by atoms with E-state index in [4.69, 9.17) is 4.42 Å². The summed E-state index contributed by atoms with van der Waals surface area (Å²) in [5, 5.41) is 2.97. The molecule has 1 aromatic carbocycles. The van der Waals surface area contributed by atoms with Crippen LogP contribution in [0.3, 0.4) is 0 Å². The van der Waals surface area contributed by atoms with Crippen LogP contribution in [0.25, 0.3) is 0 Å². The third kappa shape index (κ3) is 3.56. The molecule has 0 atom stereocenters. The third-order valence-electron chi connectivity index (χ3n) is 3.48. The van der Waals surface area contributed by atoms with Crippen molar-refractivity contribution < 1.29 is 9.21 Å². The Morgan fingerprint density at radius 2 is 1.86 bits per heavy atom. The molecule has 21 heavy (non-hydrogen) atoms. The summed E-state index contributed by atoms with van der Waals surface area (Å²) >= 11 is 3.23. The lowest BCUT2D eigenvalue weighted by molar-refractivity contribution is 0.102. The largest absolute Gasteiger partial charge is 0.457 e. The van der Waals surface area contributed by atoms with E-state index in [0.29, 0.717) is 22.1 Å². The molecule has 1 N–H and O–H groups in total.